The third-order valence-corrected chi connectivity index (χ3v) is 6.02. The molecule has 0 amide bonds. The van der Waals surface area contributed by atoms with E-state index in [2.05, 4.69) is 21.8 Å². The highest BCUT2D eigenvalue weighted by Crippen LogP contribution is 2.33. The van der Waals surface area contributed by atoms with E-state index >= 15 is 0 Å². The number of carbonyl (C=O) groups excluding carboxylic acids is 1. The van der Waals surface area contributed by atoms with Gasteiger partial charge in [-0.25, -0.2) is 9.97 Å². The third kappa shape index (κ3) is 7.05. The van der Waals surface area contributed by atoms with Crippen LogP contribution in [0.1, 0.15) is 64.9 Å². The van der Waals surface area contributed by atoms with Crippen LogP contribution in [0.4, 0.5) is 5.82 Å². The highest BCUT2D eigenvalue weighted by Gasteiger charge is 2.28. The lowest BCUT2D eigenvalue weighted by Crippen LogP contribution is -2.29. The van der Waals surface area contributed by atoms with Gasteiger partial charge in [0, 0.05) is 25.3 Å². The van der Waals surface area contributed by atoms with Crippen molar-refractivity contribution in [2.45, 2.75) is 71.0 Å². The second kappa shape index (κ2) is 11.2. The first-order valence-electron chi connectivity index (χ1n) is 11.6. The Balaban J connectivity index is 1.58. The van der Waals surface area contributed by atoms with Crippen LogP contribution in [0.2, 0.25) is 5.02 Å². The molecule has 0 aliphatic carbocycles. The number of aromatic nitrogens is 2. The van der Waals surface area contributed by atoms with E-state index in [-0.39, 0.29) is 30.3 Å². The van der Waals surface area contributed by atoms with E-state index in [1.165, 1.54) is 6.33 Å². The summed E-state index contributed by atoms with van der Waals surface area (Å²) >= 11 is 6.49. The summed E-state index contributed by atoms with van der Waals surface area (Å²) in [7, 11) is 0. The van der Waals surface area contributed by atoms with Crippen LogP contribution in [0.5, 0.6) is 11.6 Å². The van der Waals surface area contributed by atoms with Gasteiger partial charge in [-0.2, -0.15) is 0 Å². The quantitative estimate of drug-likeness (QED) is 0.499. The van der Waals surface area contributed by atoms with E-state index < -0.39 is 5.60 Å². The number of anilines is 1. The zero-order chi connectivity index (χ0) is 24.0. The molecule has 1 saturated heterocycles. The first kappa shape index (κ1) is 25.2. The zero-order valence-corrected chi connectivity index (χ0v) is 20.6. The monoisotopic (exact) mass is 475 g/mol. The number of carbonyl (C=O) groups is 1. The molecule has 0 spiro atoms. The van der Waals surface area contributed by atoms with Crippen LogP contribution < -0.4 is 14.4 Å². The van der Waals surface area contributed by atoms with Crippen LogP contribution in [-0.4, -0.2) is 52.3 Å². The zero-order valence-electron chi connectivity index (χ0n) is 19.9. The summed E-state index contributed by atoms with van der Waals surface area (Å²) in [6, 6.07) is 7.82. The predicted octanol–water partition coefficient (Wildman–Crippen LogP) is 4.80. The van der Waals surface area contributed by atoms with Gasteiger partial charge in [0.05, 0.1) is 12.1 Å². The normalized spacial score (nSPS) is 17.2. The average molecular weight is 476 g/mol. The maximum atomic E-state index is 12.3. The van der Waals surface area contributed by atoms with Crippen LogP contribution >= 0.6 is 11.6 Å². The first-order valence-corrected chi connectivity index (χ1v) is 12.0. The molecule has 0 saturated carbocycles. The van der Waals surface area contributed by atoms with Gasteiger partial charge in [-0.15, -0.1) is 0 Å². The van der Waals surface area contributed by atoms with Gasteiger partial charge in [0.25, 0.3) is 0 Å². The molecule has 2 aromatic rings. The van der Waals surface area contributed by atoms with Crippen LogP contribution in [-0.2, 0) is 4.79 Å². The van der Waals surface area contributed by atoms with E-state index in [1.54, 1.807) is 13.8 Å². The van der Waals surface area contributed by atoms with Crippen molar-refractivity contribution in [2.24, 2.45) is 0 Å². The molecular formula is C25H34ClN3O4. The van der Waals surface area contributed by atoms with Crippen LogP contribution in [0.3, 0.4) is 0 Å². The Morgan fingerprint density at radius 2 is 2.03 bits per heavy atom. The summed E-state index contributed by atoms with van der Waals surface area (Å²) in [5, 5.41) is 10.2. The van der Waals surface area contributed by atoms with Gasteiger partial charge >= 0.3 is 0 Å². The highest BCUT2D eigenvalue weighted by atomic mass is 35.5. The number of unbranched alkanes of at least 4 members (excludes halogenated alkanes) is 1. The minimum atomic E-state index is -0.989. The molecule has 1 aliphatic rings. The van der Waals surface area contributed by atoms with Crippen LogP contribution in [0, 0.1) is 0 Å². The van der Waals surface area contributed by atoms with Crippen molar-refractivity contribution >= 4 is 23.2 Å². The molecule has 0 radical (unpaired) electrons. The number of rotatable bonds is 11. The molecule has 3 rings (SSSR count). The summed E-state index contributed by atoms with van der Waals surface area (Å²) in [6.07, 6.45) is 4.82. The predicted molar refractivity (Wildman–Crippen MR) is 129 cm³/mol. The number of hydrogen-bond donors (Lipinski definition) is 1. The number of Topliss-reactive ketones (excluding diaryl/α,β-unsaturated/α-hetero) is 1. The molecule has 33 heavy (non-hydrogen) atoms. The lowest BCUT2D eigenvalue weighted by Gasteiger charge is -2.21. The molecule has 2 heterocycles. The van der Waals surface area contributed by atoms with Gasteiger partial charge < -0.3 is 19.5 Å². The van der Waals surface area contributed by atoms with E-state index in [1.807, 2.05) is 31.2 Å². The van der Waals surface area contributed by atoms with E-state index in [9.17, 15) is 9.90 Å². The molecule has 8 heteroatoms. The first-order chi connectivity index (χ1) is 15.7. The average Bonchev–Trinajstić information content (AvgIpc) is 3.24. The van der Waals surface area contributed by atoms with Crippen LogP contribution in [0.15, 0.2) is 30.6 Å². The Kier molecular flexibility index (Phi) is 8.54. The molecule has 0 bridgehead atoms. The second-order valence-electron chi connectivity index (χ2n) is 9.25. The van der Waals surface area contributed by atoms with Crippen molar-refractivity contribution in [3.05, 3.63) is 41.2 Å². The van der Waals surface area contributed by atoms with Crippen molar-refractivity contribution in [3.63, 3.8) is 0 Å². The Hall–Kier alpha value is -2.38. The largest absolute Gasteiger partial charge is 0.489 e. The second-order valence-corrected chi connectivity index (χ2v) is 9.63. The lowest BCUT2D eigenvalue weighted by atomic mass is 9.94. The molecular weight excluding hydrogens is 442 g/mol. The molecule has 180 valence electrons. The van der Waals surface area contributed by atoms with Gasteiger partial charge in [0.1, 0.15) is 35.6 Å². The Morgan fingerprint density at radius 1 is 1.30 bits per heavy atom. The summed E-state index contributed by atoms with van der Waals surface area (Å²) in [6.45, 7) is 8.83. The van der Waals surface area contributed by atoms with E-state index in [0.717, 1.165) is 37.1 Å². The number of nitrogens with zero attached hydrogens (tertiary/aromatic N) is 3. The molecule has 1 N–H and O–H groups in total. The highest BCUT2D eigenvalue weighted by molar-refractivity contribution is 6.34. The smallest absolute Gasteiger partial charge is 0.238 e. The summed E-state index contributed by atoms with van der Waals surface area (Å²) < 4.78 is 11.7. The number of halogens is 1. The fraction of sp³-hybridized carbons (Fsp3) is 0.560. The van der Waals surface area contributed by atoms with Gasteiger partial charge in [0.2, 0.25) is 5.88 Å². The fourth-order valence-corrected chi connectivity index (χ4v) is 3.98. The van der Waals surface area contributed by atoms with Crippen molar-refractivity contribution in [1.29, 1.82) is 0 Å². The van der Waals surface area contributed by atoms with Gasteiger partial charge in [-0.3, -0.25) is 4.79 Å². The van der Waals surface area contributed by atoms with Crippen molar-refractivity contribution < 1.29 is 19.4 Å². The van der Waals surface area contributed by atoms with Gasteiger partial charge in [-0.1, -0.05) is 44.0 Å². The Morgan fingerprint density at radius 3 is 2.70 bits per heavy atom. The van der Waals surface area contributed by atoms with Crippen LogP contribution in [0.25, 0.3) is 0 Å². The van der Waals surface area contributed by atoms with E-state index in [4.69, 9.17) is 21.1 Å². The number of aliphatic hydroxyl groups is 1. The summed E-state index contributed by atoms with van der Waals surface area (Å²) in [5.74, 6) is 1.82. The number of ketones is 1. The van der Waals surface area contributed by atoms with Gasteiger partial charge in [0.15, 0.2) is 5.82 Å². The topological polar surface area (TPSA) is 84.8 Å². The molecule has 7 nitrogen and oxygen atoms in total. The maximum absolute atomic E-state index is 12.3. The van der Waals surface area contributed by atoms with Crippen molar-refractivity contribution in [1.82, 2.24) is 9.97 Å². The Bertz CT molecular complexity index is 930. The number of hydrogen-bond acceptors (Lipinski definition) is 7. The molecule has 1 aromatic heterocycles. The minimum Gasteiger partial charge on any atom is -0.489 e. The molecule has 1 aliphatic heterocycles. The standard InChI is InChI=1S/C25H34ClN3O4/c1-5-6-7-21(30)17(2)18-8-10-19(11-9-18)33-20-12-13-29(14-20)23-22(26)24(28-16-27-23)32-15-25(3,4)31/h8-11,16-17,20,31H,5-7,12-15H2,1-4H3. The lowest BCUT2D eigenvalue weighted by molar-refractivity contribution is -0.120. The fourth-order valence-electron chi connectivity index (χ4n) is 3.71. The minimum absolute atomic E-state index is 0.00812. The van der Waals surface area contributed by atoms with E-state index in [0.29, 0.717) is 23.8 Å². The maximum Gasteiger partial charge on any atom is 0.238 e. The summed E-state index contributed by atoms with van der Waals surface area (Å²) in [4.78, 5) is 22.8. The molecule has 2 atom stereocenters. The molecule has 1 fully saturated rings. The summed E-state index contributed by atoms with van der Waals surface area (Å²) in [5.41, 5.74) is 0.0276. The van der Waals surface area contributed by atoms with Crippen molar-refractivity contribution in [2.75, 3.05) is 24.6 Å². The van der Waals surface area contributed by atoms with Crippen molar-refractivity contribution in [3.8, 4) is 11.6 Å². The Labute approximate surface area is 201 Å². The van der Waals surface area contributed by atoms with Gasteiger partial charge in [-0.05, 0) is 38.0 Å². The molecule has 2 unspecified atom stereocenters. The SMILES string of the molecule is CCCCC(=O)C(C)c1ccc(OC2CCN(c3ncnc(OCC(C)(C)O)c3Cl)C2)cc1. The molecule has 1 aromatic carbocycles. The number of benzene rings is 1. The third-order valence-electron chi connectivity index (χ3n) is 5.69. The number of ether oxygens (including phenoxy) is 2.